The van der Waals surface area contributed by atoms with Crippen LogP contribution in [-0.2, 0) is 22.9 Å². The molecule has 0 bridgehead atoms. The maximum atomic E-state index is 11.9. The van der Waals surface area contributed by atoms with Crippen LogP contribution in [0.2, 0.25) is 0 Å². The van der Waals surface area contributed by atoms with Crippen molar-refractivity contribution in [3.05, 3.63) is 59.5 Å². The predicted molar refractivity (Wildman–Crippen MR) is 96.3 cm³/mol. The van der Waals surface area contributed by atoms with Crippen molar-refractivity contribution < 1.29 is 13.2 Å². The van der Waals surface area contributed by atoms with E-state index in [1.54, 1.807) is 24.3 Å². The molecule has 6 heteroatoms. The molecule has 0 fully saturated rings. The van der Waals surface area contributed by atoms with Crippen molar-refractivity contribution in [3.8, 4) is 18.1 Å². The molecule has 0 unspecified atom stereocenters. The Morgan fingerprint density at radius 1 is 1.24 bits per heavy atom. The van der Waals surface area contributed by atoms with Gasteiger partial charge in [-0.1, -0.05) is 18.2 Å². The lowest BCUT2D eigenvalue weighted by Crippen LogP contribution is -2.06. The number of hydrogen-bond donors (Lipinski definition) is 0. The molecule has 0 aliphatic carbocycles. The van der Waals surface area contributed by atoms with Crippen LogP contribution in [0.25, 0.3) is 5.65 Å². The highest BCUT2D eigenvalue weighted by Gasteiger charge is 2.15. The third-order valence-electron chi connectivity index (χ3n) is 3.94. The summed E-state index contributed by atoms with van der Waals surface area (Å²) >= 11 is 0. The first kappa shape index (κ1) is 17.1. The predicted octanol–water partition coefficient (Wildman–Crippen LogP) is 2.80. The quantitative estimate of drug-likeness (QED) is 0.661. The molecule has 0 aliphatic heterocycles. The zero-order chi connectivity index (χ0) is 18.0. The van der Waals surface area contributed by atoms with Gasteiger partial charge in [-0.25, -0.2) is 13.4 Å². The Morgan fingerprint density at radius 2 is 2.00 bits per heavy atom. The van der Waals surface area contributed by atoms with Gasteiger partial charge in [-0.3, -0.25) is 4.40 Å². The van der Waals surface area contributed by atoms with Crippen molar-refractivity contribution in [1.82, 2.24) is 9.38 Å². The first-order valence-corrected chi connectivity index (χ1v) is 9.61. The fourth-order valence-electron chi connectivity index (χ4n) is 2.77. The number of benzene rings is 1. The summed E-state index contributed by atoms with van der Waals surface area (Å²) < 4.78 is 31.6. The monoisotopic (exact) mass is 354 g/mol. The van der Waals surface area contributed by atoms with Gasteiger partial charge in [0, 0.05) is 18.0 Å². The molecule has 0 N–H and O–H groups in total. The lowest BCUT2D eigenvalue weighted by molar-refractivity contribution is 0.305. The lowest BCUT2D eigenvalue weighted by atomic mass is 10.2. The van der Waals surface area contributed by atoms with E-state index < -0.39 is 9.84 Å². The van der Waals surface area contributed by atoms with Crippen molar-refractivity contribution in [3.63, 3.8) is 0 Å². The van der Waals surface area contributed by atoms with E-state index in [2.05, 4.69) is 10.9 Å². The molecule has 128 valence electrons. The van der Waals surface area contributed by atoms with E-state index in [-0.39, 0.29) is 11.5 Å². The summed E-state index contributed by atoms with van der Waals surface area (Å²) in [7, 11) is -3.31. The van der Waals surface area contributed by atoms with Crippen LogP contribution in [0.1, 0.15) is 17.0 Å². The van der Waals surface area contributed by atoms with Crippen molar-refractivity contribution in [1.29, 1.82) is 0 Å². The van der Waals surface area contributed by atoms with Crippen LogP contribution in [-0.4, -0.2) is 24.1 Å². The molecule has 0 saturated carbocycles. The van der Waals surface area contributed by atoms with E-state index in [1.165, 1.54) is 6.26 Å². The van der Waals surface area contributed by atoms with Gasteiger partial charge in [0.15, 0.2) is 21.2 Å². The highest BCUT2D eigenvalue weighted by molar-refractivity contribution is 7.90. The number of aryl methyl sites for hydroxylation is 1. The number of pyridine rings is 1. The second kappa shape index (κ2) is 6.61. The summed E-state index contributed by atoms with van der Waals surface area (Å²) in [5, 5.41) is 0. The standard InChI is InChI=1S/C19H18N2O3S/c1-4-8-16-14(2)20-19-17(10-7-12-21(16)19)24-13-15-9-5-6-11-18(15)25(3,22)23/h1,5-7,9-12H,8,13H2,2-3H3. The topological polar surface area (TPSA) is 60.7 Å². The normalized spacial score (nSPS) is 11.4. The van der Waals surface area contributed by atoms with Gasteiger partial charge in [0.05, 0.1) is 22.7 Å². The number of rotatable bonds is 5. The van der Waals surface area contributed by atoms with Crippen molar-refractivity contribution >= 4 is 15.5 Å². The van der Waals surface area contributed by atoms with E-state index in [9.17, 15) is 8.42 Å². The van der Waals surface area contributed by atoms with Crippen LogP contribution >= 0.6 is 0 Å². The molecule has 0 aliphatic rings. The number of fused-ring (bicyclic) bond motifs is 1. The zero-order valence-electron chi connectivity index (χ0n) is 14.1. The van der Waals surface area contributed by atoms with E-state index in [4.69, 9.17) is 11.2 Å². The minimum Gasteiger partial charge on any atom is -0.485 e. The van der Waals surface area contributed by atoms with Crippen LogP contribution in [0.15, 0.2) is 47.5 Å². The number of imidazole rings is 1. The highest BCUT2D eigenvalue weighted by Crippen LogP contribution is 2.24. The van der Waals surface area contributed by atoms with Gasteiger partial charge in [-0.2, -0.15) is 0 Å². The highest BCUT2D eigenvalue weighted by atomic mass is 32.2. The minimum absolute atomic E-state index is 0.138. The van der Waals surface area contributed by atoms with Gasteiger partial charge in [-0.05, 0) is 25.1 Å². The molecule has 0 spiro atoms. The van der Waals surface area contributed by atoms with E-state index in [1.807, 2.05) is 29.7 Å². The maximum Gasteiger partial charge on any atom is 0.180 e. The summed E-state index contributed by atoms with van der Waals surface area (Å²) in [6.45, 7) is 2.04. The number of aromatic nitrogens is 2. The molecule has 2 heterocycles. The van der Waals surface area contributed by atoms with Crippen molar-refractivity contribution in [2.45, 2.75) is 24.8 Å². The summed E-state index contributed by atoms with van der Waals surface area (Å²) in [6, 6.07) is 10.5. The number of terminal acetylenes is 1. The fourth-order valence-corrected chi connectivity index (χ4v) is 3.70. The van der Waals surface area contributed by atoms with Crippen LogP contribution < -0.4 is 4.74 Å². The molecule has 5 nitrogen and oxygen atoms in total. The smallest absolute Gasteiger partial charge is 0.180 e. The number of hydrogen-bond acceptors (Lipinski definition) is 4. The van der Waals surface area contributed by atoms with E-state index in [0.29, 0.717) is 23.4 Å². The average Bonchev–Trinajstić information content (AvgIpc) is 2.89. The summed E-state index contributed by atoms with van der Waals surface area (Å²) in [5.74, 6) is 3.22. The Labute approximate surface area is 147 Å². The Balaban J connectivity index is 1.96. The minimum atomic E-state index is -3.31. The molecule has 0 atom stereocenters. The molecule has 0 amide bonds. The molecular formula is C19H18N2O3S. The second-order valence-electron chi connectivity index (χ2n) is 5.76. The Kier molecular flexibility index (Phi) is 4.51. The zero-order valence-corrected chi connectivity index (χ0v) is 14.9. The van der Waals surface area contributed by atoms with Crippen molar-refractivity contribution in [2.24, 2.45) is 0 Å². The summed E-state index contributed by atoms with van der Waals surface area (Å²) in [6.07, 6.45) is 8.99. The number of nitrogens with zero attached hydrogens (tertiary/aromatic N) is 2. The molecule has 3 rings (SSSR count). The Morgan fingerprint density at radius 3 is 2.72 bits per heavy atom. The average molecular weight is 354 g/mol. The van der Waals surface area contributed by atoms with Gasteiger partial charge in [0.25, 0.3) is 0 Å². The fraction of sp³-hybridized carbons (Fsp3) is 0.211. The van der Waals surface area contributed by atoms with Gasteiger partial charge < -0.3 is 4.74 Å². The maximum absolute atomic E-state index is 11.9. The summed E-state index contributed by atoms with van der Waals surface area (Å²) in [4.78, 5) is 4.81. The molecule has 1 aromatic carbocycles. The molecule has 0 radical (unpaired) electrons. The third kappa shape index (κ3) is 3.37. The molecule has 3 aromatic rings. The first-order chi connectivity index (χ1) is 11.9. The van der Waals surface area contributed by atoms with Crippen LogP contribution in [0, 0.1) is 19.3 Å². The largest absolute Gasteiger partial charge is 0.485 e. The molecule has 2 aromatic heterocycles. The van der Waals surface area contributed by atoms with Gasteiger partial charge in [0.2, 0.25) is 0 Å². The molecule has 0 saturated heterocycles. The second-order valence-corrected chi connectivity index (χ2v) is 7.74. The van der Waals surface area contributed by atoms with Crippen LogP contribution in [0.3, 0.4) is 0 Å². The molecular weight excluding hydrogens is 336 g/mol. The number of ether oxygens (including phenoxy) is 1. The summed E-state index contributed by atoms with van der Waals surface area (Å²) in [5.41, 5.74) is 3.08. The van der Waals surface area contributed by atoms with Crippen LogP contribution in [0.5, 0.6) is 5.75 Å². The van der Waals surface area contributed by atoms with E-state index >= 15 is 0 Å². The van der Waals surface area contributed by atoms with Gasteiger partial charge >= 0.3 is 0 Å². The SMILES string of the molecule is C#CCc1c(C)nc2c(OCc3ccccc3S(C)(=O)=O)cccn12. The number of sulfone groups is 1. The van der Waals surface area contributed by atoms with Gasteiger partial charge in [-0.15, -0.1) is 12.3 Å². The van der Waals surface area contributed by atoms with E-state index in [0.717, 1.165) is 11.4 Å². The molecule has 25 heavy (non-hydrogen) atoms. The lowest BCUT2D eigenvalue weighted by Gasteiger charge is -2.11. The Hall–Kier alpha value is -2.78. The third-order valence-corrected chi connectivity index (χ3v) is 5.14. The van der Waals surface area contributed by atoms with Gasteiger partial charge in [0.1, 0.15) is 6.61 Å². The van der Waals surface area contributed by atoms with Crippen molar-refractivity contribution in [2.75, 3.05) is 6.26 Å². The van der Waals surface area contributed by atoms with Crippen LogP contribution in [0.4, 0.5) is 0 Å². The Bertz CT molecular complexity index is 1080. The first-order valence-electron chi connectivity index (χ1n) is 7.72.